The third kappa shape index (κ3) is 4.49. The van der Waals surface area contributed by atoms with Gasteiger partial charge >= 0.3 is 0 Å². The van der Waals surface area contributed by atoms with Crippen molar-refractivity contribution in [3.05, 3.63) is 78.9 Å². The van der Waals surface area contributed by atoms with Gasteiger partial charge in [0.2, 0.25) is 0 Å². The maximum absolute atomic E-state index is 12.3. The van der Waals surface area contributed by atoms with Crippen molar-refractivity contribution in [2.45, 2.75) is 18.0 Å². The Balaban J connectivity index is 1.46. The number of aryl methyl sites for hydroxylation is 1. The highest BCUT2D eigenvalue weighted by Gasteiger charge is 2.15. The van der Waals surface area contributed by atoms with Gasteiger partial charge in [-0.1, -0.05) is 72.4 Å². The van der Waals surface area contributed by atoms with Crippen LogP contribution >= 0.6 is 11.8 Å². The van der Waals surface area contributed by atoms with E-state index in [1.54, 1.807) is 28.7 Å². The van der Waals surface area contributed by atoms with Gasteiger partial charge < -0.3 is 9.55 Å². The smallest absolute Gasteiger partial charge is 0.198 e. The van der Waals surface area contributed by atoms with Gasteiger partial charge in [-0.25, -0.2) is 9.97 Å². The lowest BCUT2D eigenvalue weighted by atomic mass is 10.1. The molecule has 0 saturated heterocycles. The zero-order valence-corrected chi connectivity index (χ0v) is 17.0. The minimum absolute atomic E-state index is 0.0764. The van der Waals surface area contributed by atoms with Gasteiger partial charge in [0, 0.05) is 42.7 Å². The number of aromatic nitrogens is 4. The number of benzene rings is 2. The number of aromatic amines is 1. The molecule has 4 rings (SSSR count). The summed E-state index contributed by atoms with van der Waals surface area (Å²) in [7, 11) is 1.84. The largest absolute Gasteiger partial charge is 0.332 e. The predicted molar refractivity (Wildman–Crippen MR) is 117 cm³/mol. The summed E-state index contributed by atoms with van der Waals surface area (Å²) in [6.45, 7) is 0. The lowest BCUT2D eigenvalue weighted by Gasteiger charge is -2.02. The molecule has 2 heterocycles. The fourth-order valence-electron chi connectivity index (χ4n) is 3.19. The first-order chi connectivity index (χ1) is 14.2. The number of ketones is 1. The Hall–Kier alpha value is -3.12. The van der Waals surface area contributed by atoms with Gasteiger partial charge in [-0.3, -0.25) is 4.79 Å². The monoisotopic (exact) mass is 402 g/mol. The van der Waals surface area contributed by atoms with Gasteiger partial charge in [0.25, 0.3) is 0 Å². The molecule has 0 saturated carbocycles. The number of carbonyl (C=O) groups excluding carboxylic acids is 1. The lowest BCUT2D eigenvalue weighted by Crippen LogP contribution is -2.07. The van der Waals surface area contributed by atoms with Crippen LogP contribution in [0.25, 0.3) is 22.5 Å². The van der Waals surface area contributed by atoms with E-state index in [-0.39, 0.29) is 5.78 Å². The Morgan fingerprint density at radius 2 is 1.72 bits per heavy atom. The summed E-state index contributed by atoms with van der Waals surface area (Å²) in [6.07, 6.45) is 4.70. The minimum Gasteiger partial charge on any atom is -0.332 e. The molecule has 29 heavy (non-hydrogen) atoms. The molecule has 0 spiro atoms. The average molecular weight is 403 g/mol. The van der Waals surface area contributed by atoms with Crippen molar-refractivity contribution < 1.29 is 4.79 Å². The van der Waals surface area contributed by atoms with Crippen LogP contribution in [0.1, 0.15) is 23.5 Å². The van der Waals surface area contributed by atoms with E-state index in [2.05, 4.69) is 34.2 Å². The number of Topliss-reactive ketones (excluding diaryl/α,β-unsaturated/α-hetero) is 1. The highest BCUT2D eigenvalue weighted by molar-refractivity contribution is 7.99. The first kappa shape index (κ1) is 19.2. The van der Waals surface area contributed by atoms with Gasteiger partial charge in [0.1, 0.15) is 0 Å². The van der Waals surface area contributed by atoms with Crippen LogP contribution in [0.4, 0.5) is 0 Å². The van der Waals surface area contributed by atoms with Crippen molar-refractivity contribution in [2.75, 3.05) is 5.75 Å². The molecule has 0 fully saturated rings. The molecule has 0 aliphatic carbocycles. The van der Waals surface area contributed by atoms with Crippen LogP contribution in [0.3, 0.4) is 0 Å². The first-order valence-electron chi connectivity index (χ1n) is 9.56. The third-order valence-corrected chi connectivity index (χ3v) is 5.61. The van der Waals surface area contributed by atoms with E-state index < -0.39 is 0 Å². The number of nitrogens with one attached hydrogen (secondary N) is 1. The number of hydrogen-bond donors (Lipinski definition) is 1. The Bertz CT molecular complexity index is 1030. The van der Waals surface area contributed by atoms with Gasteiger partial charge in [-0.2, -0.15) is 0 Å². The van der Waals surface area contributed by atoms with Crippen LogP contribution in [-0.2, 0) is 7.05 Å². The first-order valence-corrected chi connectivity index (χ1v) is 10.5. The fourth-order valence-corrected chi connectivity index (χ4v) is 4.00. The summed E-state index contributed by atoms with van der Waals surface area (Å²) in [5.74, 6) is 1.41. The topological polar surface area (TPSA) is 63.6 Å². The molecule has 2 aromatic carbocycles. The number of nitrogens with zero attached hydrogens (tertiary/aromatic N) is 3. The molecule has 0 radical (unpaired) electrons. The molecule has 0 atom stereocenters. The van der Waals surface area contributed by atoms with Gasteiger partial charge in [-0.15, -0.1) is 0 Å². The molecule has 0 aliphatic heterocycles. The van der Waals surface area contributed by atoms with Crippen LogP contribution in [0.2, 0.25) is 0 Å². The molecular weight excluding hydrogens is 380 g/mol. The molecule has 0 unspecified atom stereocenters. The molecular formula is C23H22N4OS. The molecule has 4 aromatic rings. The highest BCUT2D eigenvalue weighted by atomic mass is 32.2. The molecule has 5 nitrogen and oxygen atoms in total. The van der Waals surface area contributed by atoms with Crippen LogP contribution < -0.4 is 0 Å². The van der Waals surface area contributed by atoms with E-state index in [0.717, 1.165) is 39.8 Å². The van der Waals surface area contributed by atoms with E-state index in [1.807, 2.05) is 43.4 Å². The van der Waals surface area contributed by atoms with Gasteiger partial charge in [-0.05, 0) is 6.42 Å². The van der Waals surface area contributed by atoms with Gasteiger partial charge in [0.15, 0.2) is 16.8 Å². The summed E-state index contributed by atoms with van der Waals surface area (Å²) in [6, 6.07) is 20.4. The van der Waals surface area contributed by atoms with Crippen molar-refractivity contribution in [2.24, 2.45) is 7.05 Å². The van der Waals surface area contributed by atoms with E-state index >= 15 is 0 Å². The quantitative estimate of drug-likeness (QED) is 0.249. The zero-order chi connectivity index (χ0) is 20.1. The second-order valence-corrected chi connectivity index (χ2v) is 7.82. The predicted octanol–water partition coefficient (Wildman–Crippen LogP) is 5.23. The molecule has 146 valence electrons. The van der Waals surface area contributed by atoms with Gasteiger partial charge in [0.05, 0.1) is 11.4 Å². The maximum Gasteiger partial charge on any atom is 0.198 e. The van der Waals surface area contributed by atoms with E-state index in [9.17, 15) is 4.79 Å². The number of hydrogen-bond acceptors (Lipinski definition) is 4. The average Bonchev–Trinajstić information content (AvgIpc) is 3.39. The number of thioether (sulfide) groups is 1. The standard InChI is InChI=1S/C23H22N4OS/c1-27-15-14-24-22(27)19(28)13-8-16-29-23-25-20(17-9-4-2-5-10-17)21(26-23)18-11-6-3-7-12-18/h2-7,9-12,14-15H,8,13,16H2,1H3,(H,25,26). The Morgan fingerprint density at radius 3 is 2.38 bits per heavy atom. The highest BCUT2D eigenvalue weighted by Crippen LogP contribution is 2.32. The van der Waals surface area contributed by atoms with E-state index in [4.69, 9.17) is 4.98 Å². The SMILES string of the molecule is Cn1ccnc1C(=O)CCCSc1nc(-c2ccccc2)c(-c2ccccc2)[nH]1. The zero-order valence-electron chi connectivity index (χ0n) is 16.2. The second-order valence-electron chi connectivity index (χ2n) is 6.73. The fraction of sp³-hybridized carbons (Fsp3) is 0.174. The van der Waals surface area contributed by atoms with Crippen molar-refractivity contribution in [3.63, 3.8) is 0 Å². The molecule has 0 aliphatic rings. The number of imidazole rings is 2. The third-order valence-electron chi connectivity index (χ3n) is 4.65. The molecule has 0 bridgehead atoms. The summed E-state index contributed by atoms with van der Waals surface area (Å²) in [5.41, 5.74) is 4.15. The van der Waals surface area contributed by atoms with Crippen molar-refractivity contribution in [3.8, 4) is 22.5 Å². The van der Waals surface area contributed by atoms with Crippen LogP contribution in [0, 0.1) is 0 Å². The minimum atomic E-state index is 0.0764. The number of H-pyrrole nitrogens is 1. The molecule has 0 amide bonds. The Kier molecular flexibility index (Phi) is 5.91. The summed E-state index contributed by atoms with van der Waals surface area (Å²) in [5, 5.41) is 0.868. The Labute approximate surface area is 174 Å². The van der Waals surface area contributed by atoms with Crippen LogP contribution in [0.5, 0.6) is 0 Å². The normalized spacial score (nSPS) is 10.9. The lowest BCUT2D eigenvalue weighted by molar-refractivity contribution is 0.0969. The molecule has 6 heteroatoms. The molecule has 1 N–H and O–H groups in total. The second kappa shape index (κ2) is 8.92. The maximum atomic E-state index is 12.3. The van der Waals surface area contributed by atoms with Crippen LogP contribution in [0.15, 0.2) is 78.2 Å². The Morgan fingerprint density at radius 1 is 1.03 bits per heavy atom. The van der Waals surface area contributed by atoms with Crippen molar-refractivity contribution in [1.29, 1.82) is 0 Å². The summed E-state index contributed by atoms with van der Waals surface area (Å²) in [4.78, 5) is 24.7. The van der Waals surface area contributed by atoms with Crippen LogP contribution in [-0.4, -0.2) is 31.1 Å². The number of carbonyl (C=O) groups is 1. The summed E-state index contributed by atoms with van der Waals surface area (Å²) >= 11 is 1.64. The number of rotatable bonds is 8. The van der Waals surface area contributed by atoms with Crippen molar-refractivity contribution in [1.82, 2.24) is 19.5 Å². The molecule has 2 aromatic heterocycles. The van der Waals surface area contributed by atoms with Crippen molar-refractivity contribution >= 4 is 17.5 Å². The summed E-state index contributed by atoms with van der Waals surface area (Å²) < 4.78 is 1.76. The van der Waals surface area contributed by atoms with E-state index in [0.29, 0.717) is 12.2 Å². The van der Waals surface area contributed by atoms with E-state index in [1.165, 1.54) is 0 Å².